The molecule has 2 heteroatoms. The Morgan fingerprint density at radius 3 is 3.00 bits per heavy atom. The van der Waals surface area contributed by atoms with Crippen molar-refractivity contribution >= 4 is 6.08 Å². The molecule has 1 N–H and O–H groups in total. The first-order valence-electron chi connectivity index (χ1n) is 5.19. The Morgan fingerprint density at radius 1 is 1.20 bits per heavy atom. The number of rotatable bonds is 1. The van der Waals surface area contributed by atoms with Gasteiger partial charge in [-0.3, -0.25) is 5.10 Å². The van der Waals surface area contributed by atoms with Crippen molar-refractivity contribution in [2.75, 3.05) is 0 Å². The van der Waals surface area contributed by atoms with Crippen molar-refractivity contribution in [3.63, 3.8) is 0 Å². The summed E-state index contributed by atoms with van der Waals surface area (Å²) in [6.07, 6.45) is 7.32. The van der Waals surface area contributed by atoms with Crippen LogP contribution in [0.15, 0.2) is 42.6 Å². The Morgan fingerprint density at radius 2 is 2.13 bits per heavy atom. The van der Waals surface area contributed by atoms with Crippen molar-refractivity contribution in [2.24, 2.45) is 0 Å². The minimum atomic E-state index is 0.447. The molecule has 0 bridgehead atoms. The number of hydrogen-bond acceptors (Lipinski definition) is 1. The third-order valence-corrected chi connectivity index (χ3v) is 2.92. The monoisotopic (exact) mass is 196 g/mol. The smallest absolute Gasteiger partial charge is 0.0490 e. The lowest BCUT2D eigenvalue weighted by Crippen LogP contribution is -2.05. The number of aromatic nitrogens is 2. The van der Waals surface area contributed by atoms with Crippen molar-refractivity contribution in [2.45, 2.75) is 12.3 Å². The molecule has 0 saturated heterocycles. The quantitative estimate of drug-likeness (QED) is 0.746. The molecule has 15 heavy (non-hydrogen) atoms. The molecule has 1 aromatic heterocycles. The maximum absolute atomic E-state index is 3.99. The van der Waals surface area contributed by atoms with Gasteiger partial charge in [0.15, 0.2) is 0 Å². The largest absolute Gasteiger partial charge is 0.282 e. The summed E-state index contributed by atoms with van der Waals surface area (Å²) in [5, 5.41) is 7.03. The normalized spacial score (nSPS) is 18.8. The van der Waals surface area contributed by atoms with Crippen LogP contribution in [0.3, 0.4) is 0 Å². The lowest BCUT2D eigenvalue weighted by atomic mass is 9.88. The molecule has 0 aliphatic heterocycles. The molecule has 0 fully saturated rings. The maximum Gasteiger partial charge on any atom is 0.0490 e. The zero-order valence-electron chi connectivity index (χ0n) is 8.35. The number of H-pyrrole nitrogens is 1. The molecule has 1 heterocycles. The van der Waals surface area contributed by atoms with Gasteiger partial charge in [0.1, 0.15) is 0 Å². The van der Waals surface area contributed by atoms with Crippen LogP contribution in [0.4, 0.5) is 0 Å². The molecule has 3 rings (SSSR count). The van der Waals surface area contributed by atoms with E-state index in [0.717, 1.165) is 6.42 Å². The second-order valence-corrected chi connectivity index (χ2v) is 3.88. The standard InChI is InChI=1S/C13H12N2/c1-2-4-11-9-12(6-5-10(11)3-1)13-7-8-14-15-13/h1-8,12H,9H2,(H,14,15). The van der Waals surface area contributed by atoms with E-state index in [1.165, 1.54) is 16.8 Å². The molecule has 0 spiro atoms. The lowest BCUT2D eigenvalue weighted by molar-refractivity contribution is 0.785. The molecule has 1 aliphatic carbocycles. The molecular formula is C13H12N2. The zero-order valence-corrected chi connectivity index (χ0v) is 8.35. The SMILES string of the molecule is C1=CC(c2ccn[nH]2)Cc2ccccc21. The zero-order chi connectivity index (χ0) is 10.1. The predicted octanol–water partition coefficient (Wildman–Crippen LogP) is 2.76. The van der Waals surface area contributed by atoms with Gasteiger partial charge in [0.2, 0.25) is 0 Å². The first kappa shape index (κ1) is 8.48. The van der Waals surface area contributed by atoms with Crippen LogP contribution in [0.5, 0.6) is 0 Å². The second kappa shape index (κ2) is 3.39. The summed E-state index contributed by atoms with van der Waals surface area (Å²) in [6, 6.07) is 10.6. The molecule has 0 radical (unpaired) electrons. The number of nitrogens with zero attached hydrogens (tertiary/aromatic N) is 1. The fraction of sp³-hybridized carbons (Fsp3) is 0.154. The number of nitrogens with one attached hydrogen (secondary N) is 1. The van der Waals surface area contributed by atoms with E-state index in [0.29, 0.717) is 5.92 Å². The van der Waals surface area contributed by atoms with Crippen LogP contribution in [0, 0.1) is 0 Å². The molecule has 74 valence electrons. The van der Waals surface area contributed by atoms with Crippen molar-refractivity contribution in [3.8, 4) is 0 Å². The number of benzene rings is 1. The highest BCUT2D eigenvalue weighted by Gasteiger charge is 2.15. The van der Waals surface area contributed by atoms with Crippen LogP contribution in [0.2, 0.25) is 0 Å². The van der Waals surface area contributed by atoms with Crippen LogP contribution in [-0.2, 0) is 6.42 Å². The fourth-order valence-corrected chi connectivity index (χ4v) is 2.09. The van der Waals surface area contributed by atoms with Crippen molar-refractivity contribution in [1.82, 2.24) is 10.2 Å². The van der Waals surface area contributed by atoms with E-state index in [1.54, 1.807) is 0 Å². The van der Waals surface area contributed by atoms with Crippen molar-refractivity contribution in [1.29, 1.82) is 0 Å². The summed E-state index contributed by atoms with van der Waals surface area (Å²) in [6.45, 7) is 0. The van der Waals surface area contributed by atoms with Gasteiger partial charge >= 0.3 is 0 Å². The fourth-order valence-electron chi connectivity index (χ4n) is 2.09. The summed E-state index contributed by atoms with van der Waals surface area (Å²) in [7, 11) is 0. The molecule has 1 atom stereocenters. The summed E-state index contributed by atoms with van der Waals surface area (Å²) >= 11 is 0. The highest BCUT2D eigenvalue weighted by atomic mass is 15.1. The minimum absolute atomic E-state index is 0.447. The first-order chi connectivity index (χ1) is 7.43. The van der Waals surface area contributed by atoms with Gasteiger partial charge < -0.3 is 0 Å². The lowest BCUT2D eigenvalue weighted by Gasteiger charge is -2.17. The van der Waals surface area contributed by atoms with E-state index in [4.69, 9.17) is 0 Å². The average molecular weight is 196 g/mol. The van der Waals surface area contributed by atoms with Gasteiger partial charge in [-0.25, -0.2) is 0 Å². The van der Waals surface area contributed by atoms with Gasteiger partial charge in [-0.15, -0.1) is 0 Å². The first-order valence-corrected chi connectivity index (χ1v) is 5.19. The number of aromatic amines is 1. The van der Waals surface area contributed by atoms with Crippen molar-refractivity contribution in [3.05, 3.63) is 59.4 Å². The van der Waals surface area contributed by atoms with Crippen LogP contribution in [0.25, 0.3) is 6.08 Å². The van der Waals surface area contributed by atoms with E-state index in [1.807, 2.05) is 12.3 Å². The van der Waals surface area contributed by atoms with Crippen LogP contribution in [-0.4, -0.2) is 10.2 Å². The van der Waals surface area contributed by atoms with Crippen LogP contribution in [0.1, 0.15) is 22.7 Å². The molecular weight excluding hydrogens is 184 g/mol. The summed E-state index contributed by atoms with van der Waals surface area (Å²) in [4.78, 5) is 0. The van der Waals surface area contributed by atoms with Gasteiger partial charge in [-0.2, -0.15) is 5.10 Å². The Bertz CT molecular complexity index is 483. The summed E-state index contributed by atoms with van der Waals surface area (Å²) < 4.78 is 0. The second-order valence-electron chi connectivity index (χ2n) is 3.88. The van der Waals surface area contributed by atoms with E-state index < -0.39 is 0 Å². The molecule has 2 aromatic rings. The number of hydrogen-bond donors (Lipinski definition) is 1. The topological polar surface area (TPSA) is 28.7 Å². The molecule has 1 unspecified atom stereocenters. The van der Waals surface area contributed by atoms with Gasteiger partial charge in [0, 0.05) is 17.8 Å². The van der Waals surface area contributed by atoms with Crippen LogP contribution >= 0.6 is 0 Å². The maximum atomic E-state index is 3.99. The van der Waals surface area contributed by atoms with Gasteiger partial charge in [0.25, 0.3) is 0 Å². The molecule has 2 nitrogen and oxygen atoms in total. The third kappa shape index (κ3) is 1.48. The van der Waals surface area contributed by atoms with Gasteiger partial charge in [0.05, 0.1) is 0 Å². The molecule has 1 aromatic carbocycles. The number of fused-ring (bicyclic) bond motifs is 1. The Hall–Kier alpha value is -1.83. The molecule has 1 aliphatic rings. The minimum Gasteiger partial charge on any atom is -0.282 e. The molecule has 0 saturated carbocycles. The Labute approximate surface area is 88.7 Å². The number of allylic oxidation sites excluding steroid dienone is 1. The average Bonchev–Trinajstić information content (AvgIpc) is 2.82. The van der Waals surface area contributed by atoms with Crippen molar-refractivity contribution < 1.29 is 0 Å². The molecule has 0 amide bonds. The van der Waals surface area contributed by atoms with E-state index in [2.05, 4.69) is 46.6 Å². The van der Waals surface area contributed by atoms with E-state index >= 15 is 0 Å². The Balaban J connectivity index is 1.96. The van der Waals surface area contributed by atoms with E-state index in [9.17, 15) is 0 Å². The summed E-state index contributed by atoms with van der Waals surface area (Å²) in [5.41, 5.74) is 3.95. The van der Waals surface area contributed by atoms with Crippen LogP contribution < -0.4 is 0 Å². The summed E-state index contributed by atoms with van der Waals surface area (Å²) in [5.74, 6) is 0.447. The van der Waals surface area contributed by atoms with Gasteiger partial charge in [-0.05, 0) is 23.6 Å². The Kier molecular flexibility index (Phi) is 1.91. The predicted molar refractivity (Wildman–Crippen MR) is 60.5 cm³/mol. The van der Waals surface area contributed by atoms with E-state index in [-0.39, 0.29) is 0 Å². The highest BCUT2D eigenvalue weighted by molar-refractivity contribution is 5.58. The van der Waals surface area contributed by atoms with Gasteiger partial charge in [-0.1, -0.05) is 36.4 Å². The highest BCUT2D eigenvalue weighted by Crippen LogP contribution is 2.28. The third-order valence-electron chi connectivity index (χ3n) is 2.92.